The van der Waals surface area contributed by atoms with Crippen molar-refractivity contribution in [1.29, 1.82) is 0 Å². The summed E-state index contributed by atoms with van der Waals surface area (Å²) in [6.45, 7) is 4.02. The lowest BCUT2D eigenvalue weighted by Crippen LogP contribution is -2.30. The smallest absolute Gasteiger partial charge is 0.224 e. The van der Waals surface area contributed by atoms with Crippen molar-refractivity contribution in [1.82, 2.24) is 5.32 Å². The minimum atomic E-state index is 0.0643. The molecule has 18 heavy (non-hydrogen) atoms. The van der Waals surface area contributed by atoms with Crippen molar-refractivity contribution in [3.63, 3.8) is 0 Å². The van der Waals surface area contributed by atoms with E-state index in [0.29, 0.717) is 17.4 Å². The highest BCUT2D eigenvalue weighted by atomic mass is 35.5. The van der Waals surface area contributed by atoms with Crippen LogP contribution in [0.3, 0.4) is 0 Å². The van der Waals surface area contributed by atoms with Gasteiger partial charge in [0.2, 0.25) is 5.91 Å². The molecule has 0 radical (unpaired) electrons. The largest absolute Gasteiger partial charge is 0.325 e. The predicted molar refractivity (Wildman–Crippen MR) is 75.0 cm³/mol. The van der Waals surface area contributed by atoms with Crippen molar-refractivity contribution in [3.8, 4) is 0 Å². The lowest BCUT2D eigenvalue weighted by Gasteiger charge is -2.22. The Morgan fingerprint density at radius 1 is 1.44 bits per heavy atom. The highest BCUT2D eigenvalue weighted by Crippen LogP contribution is 2.24. The molecule has 1 aromatic carbocycles. The zero-order valence-electron chi connectivity index (χ0n) is 10.6. The molecule has 0 aliphatic carbocycles. The van der Waals surface area contributed by atoms with Gasteiger partial charge in [-0.25, -0.2) is 0 Å². The molecule has 1 fully saturated rings. The number of amides is 1. The Hall–Kier alpha value is -1.06. The highest BCUT2D eigenvalue weighted by Gasteiger charge is 2.17. The minimum Gasteiger partial charge on any atom is -0.325 e. The average molecular weight is 267 g/mol. The zero-order chi connectivity index (χ0) is 13.0. The number of halogens is 1. The fourth-order valence-corrected chi connectivity index (χ4v) is 2.45. The summed E-state index contributed by atoms with van der Waals surface area (Å²) in [6.07, 6.45) is 2.75. The maximum absolute atomic E-state index is 12.0. The van der Waals surface area contributed by atoms with Crippen LogP contribution >= 0.6 is 11.6 Å². The number of anilines is 1. The first-order valence-electron chi connectivity index (χ1n) is 6.42. The molecule has 2 rings (SSSR count). The second-order valence-corrected chi connectivity index (χ2v) is 5.34. The summed E-state index contributed by atoms with van der Waals surface area (Å²) in [5.74, 6) is 0.559. The maximum atomic E-state index is 12.0. The van der Waals surface area contributed by atoms with Crippen LogP contribution in [0.25, 0.3) is 0 Å². The number of hydrogen-bond donors (Lipinski definition) is 2. The van der Waals surface area contributed by atoms with Crippen molar-refractivity contribution in [3.05, 3.63) is 28.8 Å². The van der Waals surface area contributed by atoms with Gasteiger partial charge in [0.15, 0.2) is 0 Å². The van der Waals surface area contributed by atoms with Crippen molar-refractivity contribution in [2.24, 2.45) is 5.92 Å². The molecule has 1 aliphatic rings. The maximum Gasteiger partial charge on any atom is 0.224 e. The van der Waals surface area contributed by atoms with Gasteiger partial charge in [0.25, 0.3) is 0 Å². The molecule has 3 nitrogen and oxygen atoms in total. The molecule has 1 aliphatic heterocycles. The van der Waals surface area contributed by atoms with Crippen LogP contribution in [0.5, 0.6) is 0 Å². The summed E-state index contributed by atoms with van der Waals surface area (Å²) in [5, 5.41) is 6.80. The zero-order valence-corrected chi connectivity index (χ0v) is 11.4. The van der Waals surface area contributed by atoms with Gasteiger partial charge in [-0.3, -0.25) is 4.79 Å². The van der Waals surface area contributed by atoms with Crippen LogP contribution in [0.15, 0.2) is 18.2 Å². The number of piperidine rings is 1. The van der Waals surface area contributed by atoms with E-state index in [1.54, 1.807) is 0 Å². The summed E-state index contributed by atoms with van der Waals surface area (Å²) in [5.41, 5.74) is 1.81. The molecule has 0 unspecified atom stereocenters. The van der Waals surface area contributed by atoms with E-state index in [1.807, 2.05) is 25.1 Å². The minimum absolute atomic E-state index is 0.0643. The van der Waals surface area contributed by atoms with Gasteiger partial charge >= 0.3 is 0 Å². The van der Waals surface area contributed by atoms with Gasteiger partial charge < -0.3 is 10.6 Å². The summed E-state index contributed by atoms with van der Waals surface area (Å²) in [7, 11) is 0. The molecule has 1 saturated heterocycles. The highest BCUT2D eigenvalue weighted by molar-refractivity contribution is 6.33. The van der Waals surface area contributed by atoms with Crippen LogP contribution < -0.4 is 10.6 Å². The monoisotopic (exact) mass is 266 g/mol. The number of carbonyl (C=O) groups excluding carboxylic acids is 1. The Morgan fingerprint density at radius 3 is 2.89 bits per heavy atom. The molecule has 0 spiro atoms. The fourth-order valence-electron chi connectivity index (χ4n) is 2.28. The molecule has 0 atom stereocenters. The standard InChI is InChI=1S/C14H19ClN2O/c1-10-2-3-12(15)13(8-10)17-14(18)9-11-4-6-16-7-5-11/h2-3,8,11,16H,4-7,9H2,1H3,(H,17,18). The van der Waals surface area contributed by atoms with Crippen molar-refractivity contribution in [2.45, 2.75) is 26.2 Å². The first-order valence-corrected chi connectivity index (χ1v) is 6.79. The first kappa shape index (κ1) is 13.4. The lowest BCUT2D eigenvalue weighted by molar-refractivity contribution is -0.117. The van der Waals surface area contributed by atoms with Crippen LogP contribution in [-0.4, -0.2) is 19.0 Å². The van der Waals surface area contributed by atoms with Crippen LogP contribution in [0.4, 0.5) is 5.69 Å². The second-order valence-electron chi connectivity index (χ2n) is 4.93. The third-order valence-corrected chi connectivity index (χ3v) is 3.66. The molecular weight excluding hydrogens is 248 g/mol. The predicted octanol–water partition coefficient (Wildman–Crippen LogP) is 2.98. The Kier molecular flexibility index (Phi) is 4.61. The lowest BCUT2D eigenvalue weighted by atomic mass is 9.94. The number of nitrogens with one attached hydrogen (secondary N) is 2. The molecule has 1 aromatic rings. The van der Waals surface area contributed by atoms with E-state index in [9.17, 15) is 4.79 Å². The summed E-state index contributed by atoms with van der Waals surface area (Å²) in [6, 6.07) is 5.66. The Balaban J connectivity index is 1.92. The van der Waals surface area contributed by atoms with Gasteiger partial charge in [-0.05, 0) is 56.5 Å². The van der Waals surface area contributed by atoms with Crippen molar-refractivity contribution >= 4 is 23.2 Å². The van der Waals surface area contributed by atoms with E-state index in [-0.39, 0.29) is 5.91 Å². The normalized spacial score (nSPS) is 16.6. The van der Waals surface area contributed by atoms with Crippen LogP contribution in [0.1, 0.15) is 24.8 Å². The van der Waals surface area contributed by atoms with Crippen LogP contribution in [0.2, 0.25) is 5.02 Å². The Labute approximate surface area is 113 Å². The summed E-state index contributed by atoms with van der Waals surface area (Å²) in [4.78, 5) is 12.0. The average Bonchev–Trinajstić information content (AvgIpc) is 2.35. The quantitative estimate of drug-likeness (QED) is 0.883. The third-order valence-electron chi connectivity index (χ3n) is 3.33. The molecule has 1 heterocycles. The van der Waals surface area contributed by atoms with E-state index in [4.69, 9.17) is 11.6 Å². The molecule has 2 N–H and O–H groups in total. The molecular formula is C14H19ClN2O. The molecule has 0 aromatic heterocycles. The molecule has 4 heteroatoms. The van der Waals surface area contributed by atoms with Crippen molar-refractivity contribution in [2.75, 3.05) is 18.4 Å². The van der Waals surface area contributed by atoms with E-state index < -0.39 is 0 Å². The van der Waals surface area contributed by atoms with E-state index in [2.05, 4.69) is 10.6 Å². The first-order chi connectivity index (χ1) is 8.65. The van der Waals surface area contributed by atoms with E-state index in [1.165, 1.54) is 0 Å². The van der Waals surface area contributed by atoms with Gasteiger partial charge in [-0.2, -0.15) is 0 Å². The van der Waals surface area contributed by atoms with Gasteiger partial charge in [0.05, 0.1) is 10.7 Å². The van der Waals surface area contributed by atoms with Crippen molar-refractivity contribution < 1.29 is 4.79 Å². The summed E-state index contributed by atoms with van der Waals surface area (Å²) < 4.78 is 0. The molecule has 1 amide bonds. The van der Waals surface area contributed by atoms with Gasteiger partial charge in [-0.15, -0.1) is 0 Å². The van der Waals surface area contributed by atoms with Crippen LogP contribution in [-0.2, 0) is 4.79 Å². The number of rotatable bonds is 3. The van der Waals surface area contributed by atoms with Gasteiger partial charge in [-0.1, -0.05) is 17.7 Å². The van der Waals surface area contributed by atoms with Crippen LogP contribution in [0, 0.1) is 12.8 Å². The second kappa shape index (κ2) is 6.21. The fraction of sp³-hybridized carbons (Fsp3) is 0.500. The number of aryl methyl sites for hydroxylation is 1. The Morgan fingerprint density at radius 2 is 2.17 bits per heavy atom. The SMILES string of the molecule is Cc1ccc(Cl)c(NC(=O)CC2CCNCC2)c1. The molecule has 0 saturated carbocycles. The third kappa shape index (κ3) is 3.72. The van der Waals surface area contributed by atoms with E-state index >= 15 is 0 Å². The molecule has 0 bridgehead atoms. The Bertz CT molecular complexity index is 428. The van der Waals surface area contributed by atoms with E-state index in [0.717, 1.165) is 37.2 Å². The number of benzene rings is 1. The van der Waals surface area contributed by atoms with Gasteiger partial charge in [0, 0.05) is 6.42 Å². The number of hydrogen-bond acceptors (Lipinski definition) is 2. The topological polar surface area (TPSA) is 41.1 Å². The summed E-state index contributed by atoms with van der Waals surface area (Å²) >= 11 is 6.06. The number of carbonyl (C=O) groups is 1. The molecule has 98 valence electrons. The van der Waals surface area contributed by atoms with Gasteiger partial charge in [0.1, 0.15) is 0 Å².